The quantitative estimate of drug-likeness (QED) is 0.670. The van der Waals surface area contributed by atoms with Crippen LogP contribution in [0.25, 0.3) is 0 Å². The van der Waals surface area contributed by atoms with Crippen molar-refractivity contribution < 1.29 is 8.78 Å². The van der Waals surface area contributed by atoms with Crippen LogP contribution in [0.2, 0.25) is 0 Å². The molecule has 0 aromatic heterocycles. The Balaban J connectivity index is 2.23. The van der Waals surface area contributed by atoms with E-state index in [4.69, 9.17) is 0 Å². The van der Waals surface area contributed by atoms with Crippen molar-refractivity contribution in [2.75, 3.05) is 6.54 Å². The second-order valence-electron chi connectivity index (χ2n) is 3.96. The van der Waals surface area contributed by atoms with E-state index in [2.05, 4.69) is 18.8 Å². The SMILES string of the molecule is C=CC(F)(F)CN[C@@H]1CC[C@H](C)C1. The standard InChI is InChI=1S/C10H17F2N/c1-3-10(11,12)7-13-9-5-4-8(2)6-9/h3,8-9,13H,1,4-7H2,2H3/t8-,9+/m0/s1. The number of halogens is 2. The number of alkyl halides is 2. The fraction of sp³-hybridized carbons (Fsp3) is 0.800. The number of hydrogen-bond acceptors (Lipinski definition) is 1. The molecule has 1 saturated carbocycles. The fourth-order valence-corrected chi connectivity index (χ4v) is 1.75. The smallest absolute Gasteiger partial charge is 0.278 e. The minimum absolute atomic E-state index is 0.270. The molecular weight excluding hydrogens is 172 g/mol. The van der Waals surface area contributed by atoms with E-state index >= 15 is 0 Å². The summed E-state index contributed by atoms with van der Waals surface area (Å²) in [5.74, 6) is -2.08. The molecule has 0 bridgehead atoms. The lowest BCUT2D eigenvalue weighted by atomic mass is 10.1. The van der Waals surface area contributed by atoms with Crippen LogP contribution in [0.5, 0.6) is 0 Å². The summed E-state index contributed by atoms with van der Waals surface area (Å²) < 4.78 is 25.4. The molecule has 1 N–H and O–H groups in total. The lowest BCUT2D eigenvalue weighted by Gasteiger charge is -2.16. The molecule has 0 amide bonds. The Morgan fingerprint density at radius 1 is 1.54 bits per heavy atom. The molecule has 0 unspecified atom stereocenters. The monoisotopic (exact) mass is 189 g/mol. The molecule has 0 radical (unpaired) electrons. The van der Waals surface area contributed by atoms with E-state index in [9.17, 15) is 8.78 Å². The van der Waals surface area contributed by atoms with E-state index in [1.54, 1.807) is 0 Å². The van der Waals surface area contributed by atoms with Crippen LogP contribution in [0.1, 0.15) is 26.2 Å². The Labute approximate surface area is 78.2 Å². The van der Waals surface area contributed by atoms with E-state index in [0.29, 0.717) is 12.0 Å². The van der Waals surface area contributed by atoms with E-state index in [0.717, 1.165) is 19.3 Å². The van der Waals surface area contributed by atoms with Crippen LogP contribution in [-0.4, -0.2) is 18.5 Å². The zero-order valence-electron chi connectivity index (χ0n) is 8.02. The predicted octanol–water partition coefficient (Wildman–Crippen LogP) is 2.59. The van der Waals surface area contributed by atoms with Gasteiger partial charge in [-0.2, -0.15) is 0 Å². The van der Waals surface area contributed by atoms with Gasteiger partial charge in [0.25, 0.3) is 5.92 Å². The number of hydrogen-bond donors (Lipinski definition) is 1. The highest BCUT2D eigenvalue weighted by Gasteiger charge is 2.27. The first kappa shape index (κ1) is 10.6. The first-order valence-electron chi connectivity index (χ1n) is 4.78. The third-order valence-corrected chi connectivity index (χ3v) is 2.62. The van der Waals surface area contributed by atoms with Gasteiger partial charge in [0.15, 0.2) is 0 Å². The maximum Gasteiger partial charge on any atom is 0.278 e. The van der Waals surface area contributed by atoms with Crippen LogP contribution < -0.4 is 5.32 Å². The Morgan fingerprint density at radius 2 is 2.23 bits per heavy atom. The largest absolute Gasteiger partial charge is 0.308 e. The maximum absolute atomic E-state index is 12.7. The molecule has 1 rings (SSSR count). The van der Waals surface area contributed by atoms with Gasteiger partial charge in [0.1, 0.15) is 0 Å². The second-order valence-corrected chi connectivity index (χ2v) is 3.96. The molecule has 0 spiro atoms. The normalized spacial score (nSPS) is 29.2. The van der Waals surface area contributed by atoms with E-state index in [1.807, 2.05) is 0 Å². The first-order valence-corrected chi connectivity index (χ1v) is 4.78. The van der Waals surface area contributed by atoms with Gasteiger partial charge in [0, 0.05) is 6.04 Å². The first-order chi connectivity index (χ1) is 6.03. The molecule has 0 aliphatic heterocycles. The van der Waals surface area contributed by atoms with Gasteiger partial charge in [0.2, 0.25) is 0 Å². The van der Waals surface area contributed by atoms with Crippen molar-refractivity contribution in [2.24, 2.45) is 5.92 Å². The number of nitrogens with one attached hydrogen (secondary N) is 1. The second kappa shape index (κ2) is 4.18. The summed E-state index contributed by atoms with van der Waals surface area (Å²) >= 11 is 0. The Morgan fingerprint density at radius 3 is 2.69 bits per heavy atom. The summed E-state index contributed by atoms with van der Waals surface area (Å²) in [6.07, 6.45) is 3.90. The summed E-state index contributed by atoms with van der Waals surface area (Å²) in [6.45, 7) is 4.99. The van der Waals surface area contributed by atoms with Crippen LogP contribution in [0.4, 0.5) is 8.78 Å². The van der Waals surface area contributed by atoms with Crippen LogP contribution in [0, 0.1) is 5.92 Å². The molecule has 1 aliphatic rings. The van der Waals surface area contributed by atoms with Crippen molar-refractivity contribution in [3.63, 3.8) is 0 Å². The molecule has 76 valence electrons. The van der Waals surface area contributed by atoms with E-state index in [-0.39, 0.29) is 12.6 Å². The zero-order chi connectivity index (χ0) is 9.90. The minimum atomic E-state index is -2.76. The van der Waals surface area contributed by atoms with Crippen molar-refractivity contribution in [1.29, 1.82) is 0 Å². The fourth-order valence-electron chi connectivity index (χ4n) is 1.75. The van der Waals surface area contributed by atoms with Gasteiger partial charge in [0.05, 0.1) is 6.54 Å². The van der Waals surface area contributed by atoms with Crippen LogP contribution >= 0.6 is 0 Å². The molecule has 3 heteroatoms. The van der Waals surface area contributed by atoms with E-state index < -0.39 is 5.92 Å². The van der Waals surface area contributed by atoms with Crippen LogP contribution in [0.15, 0.2) is 12.7 Å². The van der Waals surface area contributed by atoms with Gasteiger partial charge < -0.3 is 5.32 Å². The number of rotatable bonds is 4. The van der Waals surface area contributed by atoms with Crippen molar-refractivity contribution in [3.05, 3.63) is 12.7 Å². The minimum Gasteiger partial charge on any atom is -0.308 e. The van der Waals surface area contributed by atoms with Crippen molar-refractivity contribution in [1.82, 2.24) is 5.32 Å². The van der Waals surface area contributed by atoms with Crippen molar-refractivity contribution >= 4 is 0 Å². The third kappa shape index (κ3) is 3.43. The average molecular weight is 189 g/mol. The topological polar surface area (TPSA) is 12.0 Å². The van der Waals surface area contributed by atoms with Gasteiger partial charge >= 0.3 is 0 Å². The highest BCUT2D eigenvalue weighted by molar-refractivity contribution is 4.90. The molecule has 2 atom stereocenters. The van der Waals surface area contributed by atoms with Gasteiger partial charge in [-0.1, -0.05) is 13.5 Å². The average Bonchev–Trinajstić information content (AvgIpc) is 2.48. The predicted molar refractivity (Wildman–Crippen MR) is 49.9 cm³/mol. The maximum atomic E-state index is 12.7. The molecular formula is C10H17F2N. The summed E-state index contributed by atoms with van der Waals surface area (Å²) in [4.78, 5) is 0. The van der Waals surface area contributed by atoms with Crippen molar-refractivity contribution in [2.45, 2.75) is 38.2 Å². The third-order valence-electron chi connectivity index (χ3n) is 2.62. The Kier molecular flexibility index (Phi) is 3.42. The summed E-state index contributed by atoms with van der Waals surface area (Å²) in [5, 5.41) is 2.88. The van der Waals surface area contributed by atoms with Crippen molar-refractivity contribution in [3.8, 4) is 0 Å². The van der Waals surface area contributed by atoms with E-state index in [1.165, 1.54) is 0 Å². The summed E-state index contributed by atoms with van der Waals surface area (Å²) in [6, 6.07) is 0.279. The Bertz CT molecular complexity index is 180. The van der Waals surface area contributed by atoms with Gasteiger partial charge in [-0.15, -0.1) is 0 Å². The molecule has 1 fully saturated rings. The molecule has 0 aromatic rings. The summed E-state index contributed by atoms with van der Waals surface area (Å²) in [5.41, 5.74) is 0. The van der Waals surface area contributed by atoms with Crippen LogP contribution in [0.3, 0.4) is 0 Å². The molecule has 1 nitrogen and oxygen atoms in total. The highest BCUT2D eigenvalue weighted by atomic mass is 19.3. The highest BCUT2D eigenvalue weighted by Crippen LogP contribution is 2.25. The van der Waals surface area contributed by atoms with Gasteiger partial charge in [-0.05, 0) is 31.3 Å². The molecule has 13 heavy (non-hydrogen) atoms. The molecule has 0 aromatic carbocycles. The van der Waals surface area contributed by atoms with Crippen LogP contribution in [-0.2, 0) is 0 Å². The van der Waals surface area contributed by atoms with Gasteiger partial charge in [-0.3, -0.25) is 0 Å². The lowest BCUT2D eigenvalue weighted by molar-refractivity contribution is 0.0524. The Hall–Kier alpha value is -0.440. The molecule has 0 heterocycles. The van der Waals surface area contributed by atoms with Gasteiger partial charge in [-0.25, -0.2) is 8.78 Å². The molecule has 1 aliphatic carbocycles. The summed E-state index contributed by atoms with van der Waals surface area (Å²) in [7, 11) is 0. The zero-order valence-corrected chi connectivity index (χ0v) is 8.02. The lowest BCUT2D eigenvalue weighted by Crippen LogP contribution is -2.36. The molecule has 0 saturated heterocycles.